The topological polar surface area (TPSA) is 12.0 Å². The van der Waals surface area contributed by atoms with E-state index in [4.69, 9.17) is 11.6 Å². The van der Waals surface area contributed by atoms with Crippen molar-refractivity contribution in [3.05, 3.63) is 19.8 Å². The third-order valence-electron chi connectivity index (χ3n) is 5.05. The fourth-order valence-electron chi connectivity index (χ4n) is 3.28. The van der Waals surface area contributed by atoms with E-state index < -0.39 is 0 Å². The lowest BCUT2D eigenvalue weighted by molar-refractivity contribution is 0.415. The van der Waals surface area contributed by atoms with Crippen LogP contribution in [0.4, 0.5) is 0 Å². The number of rotatable bonds is 5. The van der Waals surface area contributed by atoms with Crippen molar-refractivity contribution in [3.63, 3.8) is 0 Å². The highest BCUT2D eigenvalue weighted by Crippen LogP contribution is 2.72. The van der Waals surface area contributed by atoms with E-state index in [2.05, 4.69) is 61.9 Å². The quantitative estimate of drug-likeness (QED) is 0.687. The van der Waals surface area contributed by atoms with E-state index in [1.807, 2.05) is 0 Å². The van der Waals surface area contributed by atoms with Gasteiger partial charge < -0.3 is 5.32 Å². The van der Waals surface area contributed by atoms with Gasteiger partial charge in [-0.3, -0.25) is 0 Å². The highest BCUT2D eigenvalue weighted by Gasteiger charge is 2.67. The number of nitrogens with one attached hydrogen (secondary N) is 1. The molecule has 19 heavy (non-hydrogen) atoms. The molecule has 0 saturated heterocycles. The standard InChI is InChI=1S/C15H23BrClNS/c1-6-7-18-11(10-8-9(17)13(16)19-10)12-14(2,3)15(12,4)5/h8,11-12,18H,6-7H2,1-5H3. The summed E-state index contributed by atoms with van der Waals surface area (Å²) in [4.78, 5) is 1.36. The maximum Gasteiger partial charge on any atom is 0.0887 e. The van der Waals surface area contributed by atoms with Crippen molar-refractivity contribution in [2.75, 3.05) is 6.54 Å². The number of hydrogen-bond acceptors (Lipinski definition) is 2. The van der Waals surface area contributed by atoms with Crippen molar-refractivity contribution in [2.24, 2.45) is 16.7 Å². The zero-order valence-electron chi connectivity index (χ0n) is 12.3. The second-order valence-corrected chi connectivity index (χ2v) is 9.43. The maximum atomic E-state index is 6.21. The molecule has 1 N–H and O–H groups in total. The Balaban J connectivity index is 2.28. The van der Waals surface area contributed by atoms with Crippen molar-refractivity contribution >= 4 is 38.9 Å². The first kappa shape index (κ1) is 15.8. The summed E-state index contributed by atoms with van der Waals surface area (Å²) in [6.07, 6.45) is 1.16. The summed E-state index contributed by atoms with van der Waals surface area (Å²) in [6, 6.07) is 2.53. The van der Waals surface area contributed by atoms with E-state index >= 15 is 0 Å². The minimum absolute atomic E-state index is 0.376. The van der Waals surface area contributed by atoms with Crippen LogP contribution >= 0.6 is 38.9 Å². The van der Waals surface area contributed by atoms with Gasteiger partial charge in [-0.1, -0.05) is 46.2 Å². The fourth-order valence-corrected chi connectivity index (χ4v) is 5.14. The highest BCUT2D eigenvalue weighted by atomic mass is 79.9. The summed E-state index contributed by atoms with van der Waals surface area (Å²) in [5, 5.41) is 4.56. The molecule has 1 heterocycles. The van der Waals surface area contributed by atoms with Gasteiger partial charge in [0.15, 0.2) is 0 Å². The van der Waals surface area contributed by atoms with Crippen LogP contribution in [0.15, 0.2) is 9.85 Å². The lowest BCUT2D eigenvalue weighted by Gasteiger charge is -2.19. The molecule has 0 bridgehead atoms. The zero-order chi connectivity index (χ0) is 14.4. The van der Waals surface area contributed by atoms with Crippen LogP contribution in [0.5, 0.6) is 0 Å². The molecule has 1 aliphatic carbocycles. The molecule has 0 radical (unpaired) electrons. The van der Waals surface area contributed by atoms with Crippen LogP contribution in [-0.4, -0.2) is 6.54 Å². The van der Waals surface area contributed by atoms with Crippen LogP contribution in [-0.2, 0) is 0 Å². The Morgan fingerprint density at radius 2 is 1.95 bits per heavy atom. The fraction of sp³-hybridized carbons (Fsp3) is 0.733. The van der Waals surface area contributed by atoms with Gasteiger partial charge in [-0.25, -0.2) is 0 Å². The Kier molecular flexibility index (Phi) is 4.43. The van der Waals surface area contributed by atoms with Crippen LogP contribution in [0.25, 0.3) is 0 Å². The average Bonchev–Trinajstić information content (AvgIpc) is 2.57. The zero-order valence-corrected chi connectivity index (χ0v) is 15.5. The maximum absolute atomic E-state index is 6.21. The van der Waals surface area contributed by atoms with Gasteiger partial charge in [0.1, 0.15) is 0 Å². The molecule has 1 aliphatic rings. The molecule has 1 aromatic heterocycles. The summed E-state index contributed by atoms with van der Waals surface area (Å²) >= 11 is 11.5. The monoisotopic (exact) mass is 363 g/mol. The first-order chi connectivity index (χ1) is 8.73. The first-order valence-corrected chi connectivity index (χ1v) is 8.90. The van der Waals surface area contributed by atoms with E-state index in [0.717, 1.165) is 21.8 Å². The van der Waals surface area contributed by atoms with Crippen LogP contribution in [0.2, 0.25) is 5.02 Å². The third-order valence-corrected chi connectivity index (χ3v) is 7.61. The van der Waals surface area contributed by atoms with E-state index in [1.54, 1.807) is 11.3 Å². The van der Waals surface area contributed by atoms with Gasteiger partial charge in [0.05, 0.1) is 8.81 Å². The second kappa shape index (κ2) is 5.32. The van der Waals surface area contributed by atoms with Crippen LogP contribution in [0, 0.1) is 16.7 Å². The number of thiophene rings is 1. The summed E-state index contributed by atoms with van der Waals surface area (Å²) in [5.41, 5.74) is 0.753. The smallest absolute Gasteiger partial charge is 0.0887 e. The Morgan fingerprint density at radius 3 is 2.32 bits per heavy atom. The van der Waals surface area contributed by atoms with E-state index in [-0.39, 0.29) is 0 Å². The van der Waals surface area contributed by atoms with Crippen molar-refractivity contribution in [1.29, 1.82) is 0 Å². The number of hydrogen-bond donors (Lipinski definition) is 1. The Bertz CT molecular complexity index is 433. The molecule has 0 aromatic carbocycles. The average molecular weight is 365 g/mol. The molecular weight excluding hydrogens is 342 g/mol. The summed E-state index contributed by atoms with van der Waals surface area (Å²) in [7, 11) is 0. The third kappa shape index (κ3) is 2.64. The van der Waals surface area contributed by atoms with Gasteiger partial charge in [0.25, 0.3) is 0 Å². The Hall–Kier alpha value is 0.430. The molecule has 1 aromatic rings. The molecule has 1 nitrogen and oxygen atoms in total. The molecule has 1 atom stereocenters. The van der Waals surface area contributed by atoms with Crippen LogP contribution in [0.3, 0.4) is 0 Å². The molecule has 108 valence electrons. The normalized spacial score (nSPS) is 22.5. The first-order valence-electron chi connectivity index (χ1n) is 6.91. The van der Waals surface area contributed by atoms with Crippen molar-refractivity contribution in [1.82, 2.24) is 5.32 Å². The Labute approximate surface area is 134 Å². The predicted molar refractivity (Wildman–Crippen MR) is 89.1 cm³/mol. The van der Waals surface area contributed by atoms with Crippen LogP contribution < -0.4 is 5.32 Å². The summed E-state index contributed by atoms with van der Waals surface area (Å²) < 4.78 is 1.05. The summed E-state index contributed by atoms with van der Waals surface area (Å²) in [6.45, 7) is 12.8. The molecule has 0 spiro atoms. The largest absolute Gasteiger partial charge is 0.309 e. The van der Waals surface area contributed by atoms with Crippen molar-refractivity contribution < 1.29 is 0 Å². The van der Waals surface area contributed by atoms with Crippen LogP contribution in [0.1, 0.15) is 52.0 Å². The minimum Gasteiger partial charge on any atom is -0.309 e. The minimum atomic E-state index is 0.376. The lowest BCUT2D eigenvalue weighted by atomic mass is 10.0. The second-order valence-electron chi connectivity index (χ2n) is 6.62. The molecule has 0 aliphatic heterocycles. The molecular formula is C15H23BrClNS. The highest BCUT2D eigenvalue weighted by molar-refractivity contribution is 9.11. The van der Waals surface area contributed by atoms with E-state index in [0.29, 0.717) is 22.8 Å². The molecule has 1 fully saturated rings. The lowest BCUT2D eigenvalue weighted by Crippen LogP contribution is -2.25. The van der Waals surface area contributed by atoms with Gasteiger partial charge in [-0.2, -0.15) is 0 Å². The molecule has 4 heteroatoms. The predicted octanol–water partition coefficient (Wildman–Crippen LogP) is 5.89. The van der Waals surface area contributed by atoms with E-state index in [9.17, 15) is 0 Å². The van der Waals surface area contributed by atoms with E-state index in [1.165, 1.54) is 4.88 Å². The number of halogens is 2. The van der Waals surface area contributed by atoms with Gasteiger partial charge in [0.2, 0.25) is 0 Å². The van der Waals surface area contributed by atoms with Gasteiger partial charge in [-0.05, 0) is 51.7 Å². The Morgan fingerprint density at radius 1 is 1.37 bits per heavy atom. The molecule has 2 rings (SSSR count). The summed E-state index contributed by atoms with van der Waals surface area (Å²) in [5.74, 6) is 0.660. The van der Waals surface area contributed by atoms with Crippen molar-refractivity contribution in [2.45, 2.75) is 47.1 Å². The van der Waals surface area contributed by atoms with Gasteiger partial charge in [-0.15, -0.1) is 11.3 Å². The van der Waals surface area contributed by atoms with Gasteiger partial charge >= 0.3 is 0 Å². The SMILES string of the molecule is CCCNC(c1cc(Cl)c(Br)s1)C1C(C)(C)C1(C)C. The molecule has 0 amide bonds. The molecule has 1 unspecified atom stereocenters. The van der Waals surface area contributed by atoms with Crippen molar-refractivity contribution in [3.8, 4) is 0 Å². The van der Waals surface area contributed by atoms with Gasteiger partial charge in [0, 0.05) is 10.9 Å². The molecule has 1 saturated carbocycles.